The minimum atomic E-state index is -0.691. The molecule has 1 aromatic heterocycles. The standard InChI is InChI=1S/C12H12N4O3S2/c1-6-11(21-12(14)15-6)20-5-8-3-2-7(10(13)17)4-9(8)16(18)19/h2-4H,5H2,1H3,(H2,13,17)(H2,14,15). The van der Waals surface area contributed by atoms with Crippen LogP contribution in [-0.4, -0.2) is 15.8 Å². The number of nitro groups is 1. The van der Waals surface area contributed by atoms with Crippen molar-refractivity contribution in [3.63, 3.8) is 0 Å². The second-order valence-corrected chi connectivity index (χ2v) is 6.45. The van der Waals surface area contributed by atoms with Crippen LogP contribution in [0.15, 0.2) is 22.4 Å². The number of thioether (sulfide) groups is 1. The maximum Gasteiger partial charge on any atom is 0.274 e. The molecule has 0 aliphatic heterocycles. The Morgan fingerprint density at radius 2 is 2.24 bits per heavy atom. The second-order valence-electron chi connectivity index (χ2n) is 4.18. The van der Waals surface area contributed by atoms with Gasteiger partial charge in [-0.1, -0.05) is 17.4 Å². The number of aryl methyl sites for hydroxylation is 1. The molecule has 0 saturated carbocycles. The van der Waals surface area contributed by atoms with Crippen LogP contribution in [0.3, 0.4) is 0 Å². The fourth-order valence-electron chi connectivity index (χ4n) is 1.69. The van der Waals surface area contributed by atoms with Crippen LogP contribution in [0.5, 0.6) is 0 Å². The molecule has 0 radical (unpaired) electrons. The lowest BCUT2D eigenvalue weighted by atomic mass is 10.1. The van der Waals surface area contributed by atoms with E-state index in [0.29, 0.717) is 16.4 Å². The molecule has 0 unspecified atom stereocenters. The molecule has 7 nitrogen and oxygen atoms in total. The number of thiazole rings is 1. The highest BCUT2D eigenvalue weighted by Crippen LogP contribution is 2.34. The van der Waals surface area contributed by atoms with Crippen molar-refractivity contribution in [3.8, 4) is 0 Å². The number of rotatable bonds is 5. The van der Waals surface area contributed by atoms with E-state index in [0.717, 1.165) is 9.90 Å². The van der Waals surface area contributed by atoms with Crippen LogP contribution in [0.2, 0.25) is 0 Å². The summed E-state index contributed by atoms with van der Waals surface area (Å²) in [5, 5.41) is 11.6. The third-order valence-corrected chi connectivity index (χ3v) is 5.09. The summed E-state index contributed by atoms with van der Waals surface area (Å²) in [5.41, 5.74) is 12.1. The van der Waals surface area contributed by atoms with E-state index in [2.05, 4.69) is 4.98 Å². The molecule has 0 spiro atoms. The van der Waals surface area contributed by atoms with Gasteiger partial charge in [0.15, 0.2) is 5.13 Å². The van der Waals surface area contributed by atoms with Gasteiger partial charge in [0.2, 0.25) is 5.91 Å². The summed E-state index contributed by atoms with van der Waals surface area (Å²) in [5.74, 6) is -0.305. The maximum absolute atomic E-state index is 11.1. The van der Waals surface area contributed by atoms with Crippen LogP contribution < -0.4 is 11.5 Å². The fraction of sp³-hybridized carbons (Fsp3) is 0.167. The molecule has 0 fully saturated rings. The minimum Gasteiger partial charge on any atom is -0.375 e. The number of nitrogens with zero attached hydrogens (tertiary/aromatic N) is 2. The lowest BCUT2D eigenvalue weighted by molar-refractivity contribution is -0.385. The number of hydrogen-bond donors (Lipinski definition) is 2. The molecule has 21 heavy (non-hydrogen) atoms. The summed E-state index contributed by atoms with van der Waals surface area (Å²) in [6, 6.07) is 4.23. The zero-order chi connectivity index (χ0) is 15.6. The van der Waals surface area contributed by atoms with E-state index >= 15 is 0 Å². The third kappa shape index (κ3) is 3.50. The molecule has 1 aromatic carbocycles. The van der Waals surface area contributed by atoms with Gasteiger partial charge in [0.1, 0.15) is 0 Å². The molecule has 0 aliphatic rings. The number of nitrogens with two attached hydrogens (primary N) is 2. The van der Waals surface area contributed by atoms with E-state index in [-0.39, 0.29) is 11.3 Å². The number of aromatic nitrogens is 1. The average Bonchev–Trinajstić information content (AvgIpc) is 2.74. The van der Waals surface area contributed by atoms with Crippen molar-refractivity contribution in [1.82, 2.24) is 4.98 Å². The molecule has 0 saturated heterocycles. The van der Waals surface area contributed by atoms with Crippen molar-refractivity contribution in [2.24, 2.45) is 5.73 Å². The van der Waals surface area contributed by atoms with Gasteiger partial charge in [0.25, 0.3) is 5.69 Å². The number of nitrogen functional groups attached to an aromatic ring is 1. The van der Waals surface area contributed by atoms with Gasteiger partial charge in [0, 0.05) is 22.9 Å². The van der Waals surface area contributed by atoms with Gasteiger partial charge >= 0.3 is 0 Å². The Hall–Kier alpha value is -2.13. The second kappa shape index (κ2) is 6.10. The number of amides is 1. The van der Waals surface area contributed by atoms with Gasteiger partial charge < -0.3 is 11.5 Å². The van der Waals surface area contributed by atoms with Crippen LogP contribution in [0.25, 0.3) is 0 Å². The monoisotopic (exact) mass is 324 g/mol. The van der Waals surface area contributed by atoms with Crippen molar-refractivity contribution in [2.45, 2.75) is 16.9 Å². The Labute approximate surface area is 128 Å². The van der Waals surface area contributed by atoms with Gasteiger partial charge in [-0.3, -0.25) is 14.9 Å². The van der Waals surface area contributed by atoms with Crippen molar-refractivity contribution in [2.75, 3.05) is 5.73 Å². The van der Waals surface area contributed by atoms with E-state index in [1.54, 1.807) is 6.07 Å². The first kappa shape index (κ1) is 15.3. The molecule has 9 heteroatoms. The van der Waals surface area contributed by atoms with Crippen molar-refractivity contribution < 1.29 is 9.72 Å². The number of benzene rings is 1. The zero-order valence-corrected chi connectivity index (χ0v) is 12.7. The molecule has 4 N–H and O–H groups in total. The number of carbonyl (C=O) groups excluding carboxylic acids is 1. The first-order valence-electron chi connectivity index (χ1n) is 5.81. The largest absolute Gasteiger partial charge is 0.375 e. The third-order valence-electron chi connectivity index (χ3n) is 2.70. The van der Waals surface area contributed by atoms with Crippen molar-refractivity contribution >= 4 is 39.8 Å². The van der Waals surface area contributed by atoms with E-state index in [4.69, 9.17) is 11.5 Å². The van der Waals surface area contributed by atoms with Crippen LogP contribution in [0, 0.1) is 17.0 Å². The summed E-state index contributed by atoms with van der Waals surface area (Å²) in [6.07, 6.45) is 0. The summed E-state index contributed by atoms with van der Waals surface area (Å²) in [7, 11) is 0. The Bertz CT molecular complexity index is 715. The molecule has 0 aliphatic carbocycles. The van der Waals surface area contributed by atoms with Crippen LogP contribution in [0.4, 0.5) is 10.8 Å². The summed E-state index contributed by atoms with van der Waals surface area (Å²) < 4.78 is 0.917. The Morgan fingerprint density at radius 3 is 2.76 bits per heavy atom. The minimum absolute atomic E-state index is 0.117. The lowest BCUT2D eigenvalue weighted by Gasteiger charge is -2.04. The number of nitro benzene ring substituents is 1. The van der Waals surface area contributed by atoms with E-state index < -0.39 is 10.8 Å². The highest BCUT2D eigenvalue weighted by atomic mass is 32.2. The molecule has 1 amide bonds. The molecule has 2 aromatic rings. The van der Waals surface area contributed by atoms with Crippen LogP contribution >= 0.6 is 23.1 Å². The molecular formula is C12H12N4O3S2. The first-order chi connectivity index (χ1) is 9.88. The topological polar surface area (TPSA) is 125 Å². The SMILES string of the molecule is Cc1nc(N)sc1SCc1ccc(C(N)=O)cc1[N+](=O)[O-]. The van der Waals surface area contributed by atoms with Gasteiger partial charge in [-0.25, -0.2) is 4.98 Å². The molecule has 0 atom stereocenters. The molecular weight excluding hydrogens is 312 g/mol. The summed E-state index contributed by atoms with van der Waals surface area (Å²) in [4.78, 5) is 25.8. The normalized spacial score (nSPS) is 10.5. The molecule has 2 rings (SSSR count). The molecule has 0 bridgehead atoms. The van der Waals surface area contributed by atoms with Gasteiger partial charge in [-0.2, -0.15) is 0 Å². The zero-order valence-electron chi connectivity index (χ0n) is 11.0. The average molecular weight is 324 g/mol. The predicted molar refractivity (Wildman–Crippen MR) is 82.4 cm³/mol. The highest BCUT2D eigenvalue weighted by Gasteiger charge is 2.17. The van der Waals surface area contributed by atoms with Crippen molar-refractivity contribution in [3.05, 3.63) is 45.1 Å². The van der Waals surface area contributed by atoms with Crippen LogP contribution in [0.1, 0.15) is 21.6 Å². The van der Waals surface area contributed by atoms with Crippen LogP contribution in [-0.2, 0) is 5.75 Å². The number of carbonyl (C=O) groups is 1. The Balaban J connectivity index is 2.25. The van der Waals surface area contributed by atoms with Crippen molar-refractivity contribution in [1.29, 1.82) is 0 Å². The first-order valence-corrected chi connectivity index (χ1v) is 7.61. The fourth-order valence-corrected chi connectivity index (χ4v) is 3.71. The number of anilines is 1. The number of hydrogen-bond acceptors (Lipinski definition) is 7. The van der Waals surface area contributed by atoms with E-state index in [1.165, 1.54) is 35.2 Å². The maximum atomic E-state index is 11.1. The Morgan fingerprint density at radius 1 is 1.52 bits per heavy atom. The summed E-state index contributed by atoms with van der Waals surface area (Å²) in [6.45, 7) is 1.83. The Kier molecular flexibility index (Phi) is 4.43. The predicted octanol–water partition coefficient (Wildman–Crippen LogP) is 2.33. The summed E-state index contributed by atoms with van der Waals surface area (Å²) >= 11 is 2.76. The van der Waals surface area contributed by atoms with Gasteiger partial charge in [-0.15, -0.1) is 11.8 Å². The number of primary amides is 1. The highest BCUT2D eigenvalue weighted by molar-refractivity contribution is 8.00. The molecule has 1 heterocycles. The lowest BCUT2D eigenvalue weighted by Crippen LogP contribution is -2.11. The molecule has 110 valence electrons. The smallest absolute Gasteiger partial charge is 0.274 e. The van der Waals surface area contributed by atoms with E-state index in [1.807, 2.05) is 6.92 Å². The van der Waals surface area contributed by atoms with Gasteiger partial charge in [-0.05, 0) is 13.0 Å². The quantitative estimate of drug-likeness (QED) is 0.494. The van der Waals surface area contributed by atoms with E-state index in [9.17, 15) is 14.9 Å². The van der Waals surface area contributed by atoms with Gasteiger partial charge in [0.05, 0.1) is 14.8 Å².